The van der Waals surface area contributed by atoms with Gasteiger partial charge in [-0.1, -0.05) is 12.1 Å². The van der Waals surface area contributed by atoms with Crippen molar-refractivity contribution in [3.63, 3.8) is 0 Å². The summed E-state index contributed by atoms with van der Waals surface area (Å²) in [5, 5.41) is 10.3. The minimum Gasteiger partial charge on any atom is -0.347 e. The van der Waals surface area contributed by atoms with Gasteiger partial charge in [0.2, 0.25) is 0 Å². The highest BCUT2D eigenvalue weighted by Crippen LogP contribution is 2.23. The standard InChI is InChI=1S/C16H21N3/c1-16(2,12-18)7-10-19-9-6-14-4-3-13(5-8-17)11-15(14)19/h3-4,6,9,11H,5,7-8,10,17H2,1-2H3. The Hall–Kier alpha value is -1.79. The monoisotopic (exact) mass is 255 g/mol. The van der Waals surface area contributed by atoms with Gasteiger partial charge in [0.05, 0.1) is 11.5 Å². The van der Waals surface area contributed by atoms with Crippen LogP contribution in [0.15, 0.2) is 30.5 Å². The maximum absolute atomic E-state index is 9.08. The van der Waals surface area contributed by atoms with Crippen LogP contribution in [0.2, 0.25) is 0 Å². The summed E-state index contributed by atoms with van der Waals surface area (Å²) in [5.41, 5.74) is 7.85. The summed E-state index contributed by atoms with van der Waals surface area (Å²) in [6, 6.07) is 11.0. The summed E-state index contributed by atoms with van der Waals surface area (Å²) >= 11 is 0. The molecule has 0 unspecified atom stereocenters. The molecule has 2 rings (SSSR count). The van der Waals surface area contributed by atoms with Gasteiger partial charge in [-0.05, 0) is 56.3 Å². The van der Waals surface area contributed by atoms with Gasteiger partial charge in [-0.3, -0.25) is 0 Å². The van der Waals surface area contributed by atoms with Gasteiger partial charge < -0.3 is 10.3 Å². The first-order chi connectivity index (χ1) is 9.05. The van der Waals surface area contributed by atoms with Crippen molar-refractivity contribution in [1.29, 1.82) is 5.26 Å². The molecule has 3 heteroatoms. The van der Waals surface area contributed by atoms with Crippen LogP contribution in [0, 0.1) is 16.7 Å². The van der Waals surface area contributed by atoms with E-state index in [2.05, 4.69) is 41.1 Å². The molecule has 3 nitrogen and oxygen atoms in total. The number of nitrogens with zero attached hydrogens (tertiary/aromatic N) is 2. The second-order valence-corrected chi connectivity index (χ2v) is 5.69. The van der Waals surface area contributed by atoms with Crippen molar-refractivity contribution >= 4 is 10.9 Å². The minimum absolute atomic E-state index is 0.272. The normalized spacial score (nSPS) is 11.7. The Labute approximate surface area is 114 Å². The lowest BCUT2D eigenvalue weighted by Crippen LogP contribution is -2.12. The van der Waals surface area contributed by atoms with Crippen molar-refractivity contribution in [2.45, 2.75) is 33.2 Å². The molecule has 0 aliphatic rings. The van der Waals surface area contributed by atoms with E-state index in [4.69, 9.17) is 11.0 Å². The molecule has 100 valence electrons. The fourth-order valence-electron chi connectivity index (χ4n) is 2.20. The molecule has 0 aliphatic heterocycles. The number of fused-ring (bicyclic) bond motifs is 1. The predicted molar refractivity (Wildman–Crippen MR) is 78.7 cm³/mol. The average molecular weight is 255 g/mol. The van der Waals surface area contributed by atoms with Gasteiger partial charge in [-0.2, -0.15) is 5.26 Å². The van der Waals surface area contributed by atoms with Gasteiger partial charge in [-0.25, -0.2) is 0 Å². The van der Waals surface area contributed by atoms with Gasteiger partial charge in [-0.15, -0.1) is 0 Å². The van der Waals surface area contributed by atoms with Gasteiger partial charge in [0.1, 0.15) is 0 Å². The quantitative estimate of drug-likeness (QED) is 0.892. The second-order valence-electron chi connectivity index (χ2n) is 5.69. The number of hydrogen-bond acceptors (Lipinski definition) is 2. The Morgan fingerprint density at radius 1 is 1.32 bits per heavy atom. The lowest BCUT2D eigenvalue weighted by Gasteiger charge is -2.16. The van der Waals surface area contributed by atoms with Crippen molar-refractivity contribution in [2.75, 3.05) is 6.54 Å². The van der Waals surface area contributed by atoms with E-state index in [1.807, 2.05) is 13.8 Å². The lowest BCUT2D eigenvalue weighted by atomic mass is 9.91. The van der Waals surface area contributed by atoms with Crippen LogP contribution in [0.4, 0.5) is 0 Å². The molecule has 0 spiro atoms. The van der Waals surface area contributed by atoms with Crippen LogP contribution >= 0.6 is 0 Å². The molecule has 0 fully saturated rings. The maximum atomic E-state index is 9.08. The van der Waals surface area contributed by atoms with Crippen LogP contribution in [-0.2, 0) is 13.0 Å². The second kappa shape index (κ2) is 5.46. The molecule has 0 bridgehead atoms. The Bertz CT molecular complexity index is 602. The summed E-state index contributed by atoms with van der Waals surface area (Å²) < 4.78 is 2.23. The van der Waals surface area contributed by atoms with Crippen molar-refractivity contribution in [3.05, 3.63) is 36.0 Å². The number of nitriles is 1. The van der Waals surface area contributed by atoms with Crippen LogP contribution in [0.3, 0.4) is 0 Å². The Morgan fingerprint density at radius 3 is 2.79 bits per heavy atom. The third-order valence-electron chi connectivity index (χ3n) is 3.55. The summed E-state index contributed by atoms with van der Waals surface area (Å²) in [5.74, 6) is 0. The molecule has 1 aromatic carbocycles. The van der Waals surface area contributed by atoms with Crippen molar-refractivity contribution < 1.29 is 0 Å². The molecule has 0 saturated heterocycles. The Balaban J connectivity index is 2.24. The van der Waals surface area contributed by atoms with E-state index in [1.165, 1.54) is 16.5 Å². The zero-order chi connectivity index (χ0) is 13.9. The molecule has 0 saturated carbocycles. The number of aromatic nitrogens is 1. The highest BCUT2D eigenvalue weighted by atomic mass is 14.9. The molecule has 2 N–H and O–H groups in total. The molecule has 0 atom stereocenters. The van der Waals surface area contributed by atoms with E-state index in [0.717, 1.165) is 19.4 Å². The molecular formula is C16H21N3. The first kappa shape index (κ1) is 13.6. The minimum atomic E-state index is -0.272. The van der Waals surface area contributed by atoms with Gasteiger partial charge in [0.15, 0.2) is 0 Å². The zero-order valence-corrected chi connectivity index (χ0v) is 11.7. The maximum Gasteiger partial charge on any atom is 0.0684 e. The summed E-state index contributed by atoms with van der Waals surface area (Å²) in [7, 11) is 0. The molecule has 0 amide bonds. The van der Waals surface area contributed by atoms with Crippen LogP contribution in [0.1, 0.15) is 25.8 Å². The number of hydrogen-bond donors (Lipinski definition) is 1. The van der Waals surface area contributed by atoms with E-state index in [-0.39, 0.29) is 5.41 Å². The molecular weight excluding hydrogens is 234 g/mol. The van der Waals surface area contributed by atoms with E-state index in [9.17, 15) is 0 Å². The predicted octanol–water partition coefficient (Wildman–Crippen LogP) is 3.08. The highest BCUT2D eigenvalue weighted by Gasteiger charge is 2.16. The first-order valence-corrected chi connectivity index (χ1v) is 6.75. The van der Waals surface area contributed by atoms with E-state index in [0.29, 0.717) is 6.54 Å². The summed E-state index contributed by atoms with van der Waals surface area (Å²) in [4.78, 5) is 0. The summed E-state index contributed by atoms with van der Waals surface area (Å²) in [6.45, 7) is 5.51. The molecule has 19 heavy (non-hydrogen) atoms. The third-order valence-corrected chi connectivity index (χ3v) is 3.55. The Kier molecular flexibility index (Phi) is 3.92. The molecule has 0 aliphatic carbocycles. The Morgan fingerprint density at radius 2 is 2.11 bits per heavy atom. The van der Waals surface area contributed by atoms with Gasteiger partial charge in [0, 0.05) is 18.3 Å². The number of aryl methyl sites for hydroxylation is 1. The highest BCUT2D eigenvalue weighted by molar-refractivity contribution is 5.80. The zero-order valence-electron chi connectivity index (χ0n) is 11.7. The fourth-order valence-corrected chi connectivity index (χ4v) is 2.20. The molecule has 2 aromatic rings. The average Bonchev–Trinajstić information content (AvgIpc) is 2.79. The lowest BCUT2D eigenvalue weighted by molar-refractivity contribution is 0.417. The van der Waals surface area contributed by atoms with Crippen LogP contribution in [0.25, 0.3) is 10.9 Å². The van der Waals surface area contributed by atoms with E-state index in [1.54, 1.807) is 0 Å². The van der Waals surface area contributed by atoms with Crippen molar-refractivity contribution in [1.82, 2.24) is 4.57 Å². The first-order valence-electron chi connectivity index (χ1n) is 6.75. The number of benzene rings is 1. The third kappa shape index (κ3) is 3.15. The van der Waals surface area contributed by atoms with Crippen LogP contribution in [-0.4, -0.2) is 11.1 Å². The SMILES string of the molecule is CC(C)(C#N)CCn1ccc2ccc(CCN)cc21. The fraction of sp³-hybridized carbons (Fsp3) is 0.438. The largest absolute Gasteiger partial charge is 0.347 e. The smallest absolute Gasteiger partial charge is 0.0684 e. The molecule has 0 radical (unpaired) electrons. The van der Waals surface area contributed by atoms with E-state index < -0.39 is 0 Å². The van der Waals surface area contributed by atoms with Crippen LogP contribution in [0.5, 0.6) is 0 Å². The number of nitrogens with two attached hydrogens (primary N) is 1. The van der Waals surface area contributed by atoms with Gasteiger partial charge >= 0.3 is 0 Å². The molecule has 1 aromatic heterocycles. The van der Waals surface area contributed by atoms with E-state index >= 15 is 0 Å². The van der Waals surface area contributed by atoms with Gasteiger partial charge in [0.25, 0.3) is 0 Å². The number of rotatable bonds is 5. The van der Waals surface area contributed by atoms with Crippen LogP contribution < -0.4 is 5.73 Å². The van der Waals surface area contributed by atoms with Crippen molar-refractivity contribution in [2.24, 2.45) is 11.1 Å². The topological polar surface area (TPSA) is 54.7 Å². The van der Waals surface area contributed by atoms with Crippen molar-refractivity contribution in [3.8, 4) is 6.07 Å². The molecule has 1 heterocycles. The summed E-state index contributed by atoms with van der Waals surface area (Å²) in [6.07, 6.45) is 3.86.